The number of rotatable bonds is 3. The second kappa shape index (κ2) is 4.95. The molecule has 1 unspecified atom stereocenters. The standard InChI is InChI=1S/C17H20O2/c1-19-17(11-4-5-12-17)16(18)15-10-6-8-13-7-2-3-9-14(13)15/h2-3,6-10,16,18H,4-5,11-12H2,1H3. The minimum absolute atomic E-state index is 0.399. The molecule has 0 bridgehead atoms. The van der Waals surface area contributed by atoms with Crippen molar-refractivity contribution in [3.8, 4) is 0 Å². The molecule has 2 nitrogen and oxygen atoms in total. The zero-order chi connectivity index (χ0) is 13.3. The highest BCUT2D eigenvalue weighted by molar-refractivity contribution is 5.86. The normalized spacial score (nSPS) is 19.7. The number of aliphatic hydroxyl groups is 1. The third-order valence-electron chi connectivity index (χ3n) is 4.47. The van der Waals surface area contributed by atoms with Crippen LogP contribution in [-0.4, -0.2) is 17.8 Å². The first-order valence-electron chi connectivity index (χ1n) is 6.98. The molecule has 1 aliphatic rings. The maximum absolute atomic E-state index is 10.8. The van der Waals surface area contributed by atoms with Crippen LogP contribution in [0.4, 0.5) is 0 Å². The van der Waals surface area contributed by atoms with E-state index in [1.165, 1.54) is 5.39 Å². The molecule has 0 saturated heterocycles. The zero-order valence-electron chi connectivity index (χ0n) is 11.3. The van der Waals surface area contributed by atoms with Crippen LogP contribution in [0.1, 0.15) is 37.4 Å². The van der Waals surface area contributed by atoms with Crippen LogP contribution in [0.3, 0.4) is 0 Å². The minimum Gasteiger partial charge on any atom is -0.385 e. The molecule has 2 heteroatoms. The topological polar surface area (TPSA) is 29.5 Å². The highest BCUT2D eigenvalue weighted by Gasteiger charge is 2.42. The van der Waals surface area contributed by atoms with E-state index in [1.54, 1.807) is 7.11 Å². The second-order valence-electron chi connectivity index (χ2n) is 5.45. The predicted molar refractivity (Wildman–Crippen MR) is 77.1 cm³/mol. The zero-order valence-corrected chi connectivity index (χ0v) is 11.3. The van der Waals surface area contributed by atoms with Gasteiger partial charge in [0.25, 0.3) is 0 Å². The Bertz CT molecular complexity index is 565. The number of aliphatic hydroxyl groups excluding tert-OH is 1. The summed E-state index contributed by atoms with van der Waals surface area (Å²) in [4.78, 5) is 0. The number of fused-ring (bicyclic) bond motifs is 1. The van der Waals surface area contributed by atoms with Crippen molar-refractivity contribution in [2.75, 3.05) is 7.11 Å². The fraction of sp³-hybridized carbons (Fsp3) is 0.412. The van der Waals surface area contributed by atoms with Gasteiger partial charge in [-0.3, -0.25) is 0 Å². The number of methoxy groups -OCH3 is 1. The Hall–Kier alpha value is -1.38. The summed E-state index contributed by atoms with van der Waals surface area (Å²) in [5.74, 6) is 0. The lowest BCUT2D eigenvalue weighted by atomic mass is 9.87. The molecule has 1 fully saturated rings. The molecule has 2 aromatic rings. The Balaban J connectivity index is 2.08. The first-order chi connectivity index (χ1) is 9.27. The van der Waals surface area contributed by atoms with Crippen molar-refractivity contribution >= 4 is 10.8 Å². The van der Waals surface area contributed by atoms with E-state index in [0.29, 0.717) is 0 Å². The summed E-state index contributed by atoms with van der Waals surface area (Å²) < 4.78 is 5.71. The Morgan fingerprint density at radius 1 is 1.05 bits per heavy atom. The van der Waals surface area contributed by atoms with Crippen LogP contribution >= 0.6 is 0 Å². The summed E-state index contributed by atoms with van der Waals surface area (Å²) in [5, 5.41) is 13.1. The van der Waals surface area contributed by atoms with E-state index in [2.05, 4.69) is 18.2 Å². The van der Waals surface area contributed by atoms with Gasteiger partial charge in [0.1, 0.15) is 6.10 Å². The number of ether oxygens (including phenoxy) is 1. The molecule has 0 amide bonds. The molecule has 1 atom stereocenters. The third kappa shape index (κ3) is 2.05. The SMILES string of the molecule is COC1(C(O)c2cccc3ccccc23)CCCC1. The van der Waals surface area contributed by atoms with Crippen LogP contribution in [0, 0.1) is 0 Å². The van der Waals surface area contributed by atoms with E-state index < -0.39 is 11.7 Å². The van der Waals surface area contributed by atoms with Gasteiger partial charge < -0.3 is 9.84 Å². The molecule has 1 N–H and O–H groups in total. The molecule has 0 aliphatic heterocycles. The summed E-state index contributed by atoms with van der Waals surface area (Å²) in [6, 6.07) is 14.3. The maximum atomic E-state index is 10.8. The molecular weight excluding hydrogens is 236 g/mol. The Kier molecular flexibility index (Phi) is 3.29. The quantitative estimate of drug-likeness (QED) is 0.904. The van der Waals surface area contributed by atoms with E-state index in [4.69, 9.17) is 4.74 Å². The molecule has 0 aromatic heterocycles. The van der Waals surface area contributed by atoms with E-state index in [1.807, 2.05) is 24.3 Å². The molecule has 1 aliphatic carbocycles. The molecule has 0 radical (unpaired) electrons. The average Bonchev–Trinajstić information content (AvgIpc) is 2.96. The van der Waals surface area contributed by atoms with Gasteiger partial charge in [0.2, 0.25) is 0 Å². The average molecular weight is 256 g/mol. The molecule has 1 saturated carbocycles. The van der Waals surface area contributed by atoms with Crippen molar-refractivity contribution in [1.82, 2.24) is 0 Å². The molecule has 100 valence electrons. The number of hydrogen-bond acceptors (Lipinski definition) is 2. The molecule has 0 heterocycles. The van der Waals surface area contributed by atoms with Crippen LogP contribution in [-0.2, 0) is 4.74 Å². The van der Waals surface area contributed by atoms with Crippen molar-refractivity contribution in [2.45, 2.75) is 37.4 Å². The molecular formula is C17H20O2. The van der Waals surface area contributed by atoms with Crippen molar-refractivity contribution < 1.29 is 9.84 Å². The van der Waals surface area contributed by atoms with Gasteiger partial charge in [-0.25, -0.2) is 0 Å². The van der Waals surface area contributed by atoms with E-state index in [9.17, 15) is 5.11 Å². The third-order valence-corrected chi connectivity index (χ3v) is 4.47. The van der Waals surface area contributed by atoms with Crippen molar-refractivity contribution in [3.63, 3.8) is 0 Å². The van der Waals surface area contributed by atoms with Gasteiger partial charge in [0.15, 0.2) is 0 Å². The van der Waals surface area contributed by atoms with Crippen LogP contribution in [0.25, 0.3) is 10.8 Å². The number of hydrogen-bond donors (Lipinski definition) is 1. The minimum atomic E-state index is -0.550. The van der Waals surface area contributed by atoms with Gasteiger partial charge in [-0.15, -0.1) is 0 Å². The summed E-state index contributed by atoms with van der Waals surface area (Å²) in [6.45, 7) is 0. The first kappa shape index (κ1) is 12.6. The van der Waals surface area contributed by atoms with Gasteiger partial charge in [-0.05, 0) is 29.2 Å². The van der Waals surface area contributed by atoms with Crippen molar-refractivity contribution in [3.05, 3.63) is 48.0 Å². The maximum Gasteiger partial charge on any atom is 0.109 e. The van der Waals surface area contributed by atoms with E-state index in [0.717, 1.165) is 36.6 Å². The van der Waals surface area contributed by atoms with E-state index in [-0.39, 0.29) is 0 Å². The highest BCUT2D eigenvalue weighted by Crippen LogP contribution is 2.43. The fourth-order valence-electron chi connectivity index (χ4n) is 3.33. The van der Waals surface area contributed by atoms with Crippen molar-refractivity contribution in [1.29, 1.82) is 0 Å². The van der Waals surface area contributed by atoms with E-state index >= 15 is 0 Å². The molecule has 19 heavy (non-hydrogen) atoms. The highest BCUT2D eigenvalue weighted by atomic mass is 16.5. The Labute approximate surface area is 114 Å². The lowest BCUT2D eigenvalue weighted by Gasteiger charge is -2.33. The summed E-state index contributed by atoms with van der Waals surface area (Å²) >= 11 is 0. The summed E-state index contributed by atoms with van der Waals surface area (Å²) in [5.41, 5.74) is 0.589. The van der Waals surface area contributed by atoms with Gasteiger partial charge in [0, 0.05) is 7.11 Å². The lowest BCUT2D eigenvalue weighted by molar-refractivity contribution is -0.0995. The van der Waals surface area contributed by atoms with Gasteiger partial charge in [-0.2, -0.15) is 0 Å². The van der Waals surface area contributed by atoms with Gasteiger partial charge in [-0.1, -0.05) is 55.3 Å². The Morgan fingerprint density at radius 2 is 1.74 bits per heavy atom. The smallest absolute Gasteiger partial charge is 0.109 e. The first-order valence-corrected chi connectivity index (χ1v) is 6.98. The molecule has 0 spiro atoms. The molecule has 2 aromatic carbocycles. The van der Waals surface area contributed by atoms with Crippen molar-refractivity contribution in [2.24, 2.45) is 0 Å². The summed E-state index contributed by atoms with van der Waals surface area (Å²) in [7, 11) is 1.72. The second-order valence-corrected chi connectivity index (χ2v) is 5.45. The number of benzene rings is 2. The Morgan fingerprint density at radius 3 is 2.47 bits per heavy atom. The summed E-state index contributed by atoms with van der Waals surface area (Å²) in [6.07, 6.45) is 3.60. The van der Waals surface area contributed by atoms with Gasteiger partial charge >= 0.3 is 0 Å². The fourth-order valence-corrected chi connectivity index (χ4v) is 3.33. The monoisotopic (exact) mass is 256 g/mol. The van der Waals surface area contributed by atoms with Gasteiger partial charge in [0.05, 0.1) is 5.60 Å². The van der Waals surface area contributed by atoms with Crippen LogP contribution in [0.15, 0.2) is 42.5 Å². The molecule has 3 rings (SSSR count). The van der Waals surface area contributed by atoms with Crippen LogP contribution < -0.4 is 0 Å². The van der Waals surface area contributed by atoms with Crippen LogP contribution in [0.2, 0.25) is 0 Å². The van der Waals surface area contributed by atoms with Crippen LogP contribution in [0.5, 0.6) is 0 Å². The lowest BCUT2D eigenvalue weighted by Crippen LogP contribution is -2.35. The largest absolute Gasteiger partial charge is 0.385 e. The predicted octanol–water partition coefficient (Wildman–Crippen LogP) is 3.83.